The second-order valence-electron chi connectivity index (χ2n) is 5.88. The number of aromatic nitrogens is 4. The van der Waals surface area contributed by atoms with Crippen molar-refractivity contribution < 1.29 is 9.32 Å². The van der Waals surface area contributed by atoms with Crippen LogP contribution >= 0.6 is 11.3 Å². The molecule has 0 aliphatic heterocycles. The minimum Gasteiger partial charge on any atom is -0.355 e. The number of hydrogen-bond acceptors (Lipinski definition) is 9. The lowest BCUT2D eigenvalue weighted by atomic mass is 10.3. The van der Waals surface area contributed by atoms with Crippen molar-refractivity contribution >= 4 is 29.1 Å². The normalized spacial score (nSPS) is 10.6. The van der Waals surface area contributed by atoms with Crippen LogP contribution in [0, 0.1) is 0 Å². The van der Waals surface area contributed by atoms with Gasteiger partial charge in [0.05, 0.1) is 11.4 Å². The molecule has 0 fully saturated rings. The fraction of sp³-hybridized carbons (Fsp3) is 0.312. The molecule has 3 aromatic heterocycles. The van der Waals surface area contributed by atoms with Crippen molar-refractivity contribution in [2.24, 2.45) is 0 Å². The van der Waals surface area contributed by atoms with Crippen LogP contribution in [-0.2, 0) is 6.54 Å². The number of nitrogens with one attached hydrogen (secondary N) is 1. The Bertz CT molecular complexity index is 864. The first-order chi connectivity index (χ1) is 12.4. The standard InChI is InChI=1S/C16H19N7O2S/c1-22(2)15-18-13(19-16(20-15)23(3)4)9-17-14(24)10-8-11(25-21-10)12-6-5-7-26-12/h5-8H,9H2,1-4H3,(H,17,24). The summed E-state index contributed by atoms with van der Waals surface area (Å²) in [5.41, 5.74) is 0.211. The Hall–Kier alpha value is -3.01. The molecule has 0 aliphatic rings. The molecule has 9 nitrogen and oxygen atoms in total. The fourth-order valence-corrected chi connectivity index (χ4v) is 2.71. The molecule has 1 amide bonds. The Balaban J connectivity index is 1.71. The number of nitrogens with zero attached hydrogens (tertiary/aromatic N) is 6. The van der Waals surface area contributed by atoms with E-state index in [9.17, 15) is 4.79 Å². The average molecular weight is 373 g/mol. The Morgan fingerprint density at radius 3 is 2.42 bits per heavy atom. The summed E-state index contributed by atoms with van der Waals surface area (Å²) in [6, 6.07) is 5.43. The predicted octanol–water partition coefficient (Wildman–Crippen LogP) is 1.65. The Labute approximate surface area is 154 Å². The minimum atomic E-state index is -0.352. The highest BCUT2D eigenvalue weighted by atomic mass is 32.1. The van der Waals surface area contributed by atoms with E-state index in [0.717, 1.165) is 4.88 Å². The van der Waals surface area contributed by atoms with Gasteiger partial charge >= 0.3 is 0 Å². The van der Waals surface area contributed by atoms with Crippen molar-refractivity contribution in [1.29, 1.82) is 0 Å². The van der Waals surface area contributed by atoms with Crippen LogP contribution in [0.1, 0.15) is 16.3 Å². The average Bonchev–Trinajstić information content (AvgIpc) is 3.30. The smallest absolute Gasteiger partial charge is 0.273 e. The van der Waals surface area contributed by atoms with Crippen LogP contribution < -0.4 is 15.1 Å². The molecule has 136 valence electrons. The largest absolute Gasteiger partial charge is 0.355 e. The third-order valence-corrected chi connectivity index (χ3v) is 4.26. The van der Waals surface area contributed by atoms with Crippen LogP contribution in [-0.4, -0.2) is 54.2 Å². The zero-order valence-electron chi connectivity index (χ0n) is 14.9. The van der Waals surface area contributed by atoms with Crippen LogP contribution in [0.3, 0.4) is 0 Å². The van der Waals surface area contributed by atoms with E-state index in [4.69, 9.17) is 4.52 Å². The molecular weight excluding hydrogens is 354 g/mol. The molecule has 0 aromatic carbocycles. The Morgan fingerprint density at radius 1 is 1.15 bits per heavy atom. The van der Waals surface area contributed by atoms with E-state index in [1.54, 1.807) is 15.9 Å². The first kappa shape index (κ1) is 17.8. The van der Waals surface area contributed by atoms with Crippen molar-refractivity contribution in [3.8, 4) is 10.6 Å². The molecule has 0 aliphatic carbocycles. The topological polar surface area (TPSA) is 100 Å². The second-order valence-corrected chi connectivity index (χ2v) is 6.82. The van der Waals surface area contributed by atoms with Crippen molar-refractivity contribution in [2.45, 2.75) is 6.54 Å². The summed E-state index contributed by atoms with van der Waals surface area (Å²) >= 11 is 1.52. The van der Waals surface area contributed by atoms with Gasteiger partial charge in [0.15, 0.2) is 17.3 Å². The first-order valence-corrected chi connectivity index (χ1v) is 8.70. The van der Waals surface area contributed by atoms with E-state index in [2.05, 4.69) is 25.4 Å². The Kier molecular flexibility index (Phi) is 5.12. The van der Waals surface area contributed by atoms with E-state index in [1.165, 1.54) is 11.3 Å². The maximum atomic E-state index is 12.3. The number of carbonyl (C=O) groups is 1. The van der Waals surface area contributed by atoms with Gasteiger partial charge in [-0.1, -0.05) is 11.2 Å². The van der Waals surface area contributed by atoms with Crippen molar-refractivity contribution in [1.82, 2.24) is 25.4 Å². The number of hydrogen-bond donors (Lipinski definition) is 1. The van der Waals surface area contributed by atoms with Crippen LogP contribution in [0.5, 0.6) is 0 Å². The molecule has 0 bridgehead atoms. The van der Waals surface area contributed by atoms with Crippen molar-refractivity contribution in [3.05, 3.63) is 35.1 Å². The molecular formula is C16H19N7O2S. The van der Waals surface area contributed by atoms with Gasteiger partial charge in [0.25, 0.3) is 5.91 Å². The van der Waals surface area contributed by atoms with E-state index in [-0.39, 0.29) is 18.1 Å². The van der Waals surface area contributed by atoms with E-state index in [1.807, 2.05) is 45.7 Å². The molecule has 3 rings (SSSR count). The van der Waals surface area contributed by atoms with Crippen molar-refractivity contribution in [2.75, 3.05) is 38.0 Å². The van der Waals surface area contributed by atoms with Crippen LogP contribution in [0.25, 0.3) is 10.6 Å². The van der Waals surface area contributed by atoms with Gasteiger partial charge in [-0.2, -0.15) is 15.0 Å². The van der Waals surface area contributed by atoms with E-state index < -0.39 is 0 Å². The lowest BCUT2D eigenvalue weighted by molar-refractivity contribution is 0.0941. The number of thiophene rings is 1. The third-order valence-electron chi connectivity index (χ3n) is 3.37. The summed E-state index contributed by atoms with van der Waals surface area (Å²) in [5.74, 6) is 1.72. The highest BCUT2D eigenvalue weighted by Crippen LogP contribution is 2.25. The highest BCUT2D eigenvalue weighted by Gasteiger charge is 2.15. The number of anilines is 2. The molecule has 0 unspecified atom stereocenters. The number of amides is 1. The third kappa shape index (κ3) is 3.97. The molecule has 1 N–H and O–H groups in total. The summed E-state index contributed by atoms with van der Waals surface area (Å²) in [7, 11) is 7.38. The highest BCUT2D eigenvalue weighted by molar-refractivity contribution is 7.13. The molecule has 0 spiro atoms. The van der Waals surface area contributed by atoms with Gasteiger partial charge < -0.3 is 19.6 Å². The molecule has 0 saturated heterocycles. The molecule has 3 heterocycles. The summed E-state index contributed by atoms with van der Waals surface area (Å²) < 4.78 is 5.23. The molecule has 0 saturated carbocycles. The van der Waals surface area contributed by atoms with Crippen LogP contribution in [0.15, 0.2) is 28.1 Å². The monoisotopic (exact) mass is 373 g/mol. The van der Waals surface area contributed by atoms with Gasteiger partial charge in [0.2, 0.25) is 11.9 Å². The second kappa shape index (κ2) is 7.48. The molecule has 0 atom stereocenters. The summed E-state index contributed by atoms with van der Waals surface area (Å²) in [4.78, 5) is 29.8. The van der Waals surface area contributed by atoms with Gasteiger partial charge in [0.1, 0.15) is 0 Å². The number of rotatable bonds is 6. The van der Waals surface area contributed by atoms with Gasteiger partial charge in [-0.15, -0.1) is 11.3 Å². The summed E-state index contributed by atoms with van der Waals surface area (Å²) in [6.07, 6.45) is 0. The SMILES string of the molecule is CN(C)c1nc(CNC(=O)c2cc(-c3cccs3)on2)nc(N(C)C)n1. The van der Waals surface area contributed by atoms with Gasteiger partial charge in [-0.05, 0) is 11.4 Å². The molecule has 26 heavy (non-hydrogen) atoms. The van der Waals surface area contributed by atoms with E-state index in [0.29, 0.717) is 23.5 Å². The lowest BCUT2D eigenvalue weighted by Gasteiger charge is -2.16. The zero-order valence-corrected chi connectivity index (χ0v) is 15.7. The summed E-state index contributed by atoms with van der Waals surface area (Å²) in [5, 5.41) is 8.52. The maximum Gasteiger partial charge on any atom is 0.273 e. The quantitative estimate of drug-likeness (QED) is 0.696. The van der Waals surface area contributed by atoms with E-state index >= 15 is 0 Å². The fourth-order valence-electron chi connectivity index (χ4n) is 2.04. The Morgan fingerprint density at radius 2 is 1.85 bits per heavy atom. The maximum absolute atomic E-state index is 12.3. The predicted molar refractivity (Wildman–Crippen MR) is 99.5 cm³/mol. The minimum absolute atomic E-state index is 0.157. The molecule has 10 heteroatoms. The number of carbonyl (C=O) groups excluding carboxylic acids is 1. The first-order valence-electron chi connectivity index (χ1n) is 7.82. The molecule has 3 aromatic rings. The van der Waals surface area contributed by atoms with Crippen LogP contribution in [0.4, 0.5) is 11.9 Å². The van der Waals surface area contributed by atoms with Crippen LogP contribution in [0.2, 0.25) is 0 Å². The zero-order chi connectivity index (χ0) is 18.7. The van der Waals surface area contributed by atoms with Crippen molar-refractivity contribution in [3.63, 3.8) is 0 Å². The van der Waals surface area contributed by atoms with Gasteiger partial charge in [-0.25, -0.2) is 0 Å². The van der Waals surface area contributed by atoms with Gasteiger partial charge in [-0.3, -0.25) is 4.79 Å². The van der Waals surface area contributed by atoms with Gasteiger partial charge in [0, 0.05) is 34.3 Å². The lowest BCUT2D eigenvalue weighted by Crippen LogP contribution is -2.26. The summed E-state index contributed by atoms with van der Waals surface area (Å²) in [6.45, 7) is 0.157. The molecule has 0 radical (unpaired) electrons.